The van der Waals surface area contributed by atoms with Crippen LogP contribution in [0.3, 0.4) is 0 Å². The Morgan fingerprint density at radius 3 is 2.94 bits per heavy atom. The number of aryl methyl sites for hydroxylation is 1. The van der Waals surface area contributed by atoms with Crippen molar-refractivity contribution < 1.29 is 18.7 Å². The molecule has 0 spiro atoms. The van der Waals surface area contributed by atoms with Crippen LogP contribution in [0.2, 0.25) is 0 Å². The van der Waals surface area contributed by atoms with E-state index in [0.717, 1.165) is 6.42 Å². The number of terminal acetylenes is 1. The van der Waals surface area contributed by atoms with Crippen LogP contribution in [0.15, 0.2) is 4.42 Å². The minimum Gasteiger partial charge on any atom is -0.453 e. The van der Waals surface area contributed by atoms with Crippen molar-refractivity contribution in [2.75, 3.05) is 6.61 Å². The summed E-state index contributed by atoms with van der Waals surface area (Å²) in [5, 5.41) is 0. The molecule has 0 atom stereocenters. The Kier molecular flexibility index (Phi) is 3.01. The van der Waals surface area contributed by atoms with Gasteiger partial charge < -0.3 is 9.15 Å². The smallest absolute Gasteiger partial charge is 0.375 e. The monoisotopic (exact) mass is 232 g/mol. The van der Waals surface area contributed by atoms with Crippen LogP contribution in [0.4, 0.5) is 0 Å². The summed E-state index contributed by atoms with van der Waals surface area (Å²) in [5.41, 5.74) is 1.11. The molecule has 0 unspecified atom stereocenters. The van der Waals surface area contributed by atoms with Gasteiger partial charge >= 0.3 is 5.97 Å². The number of hydrogen-bond acceptors (Lipinski definition) is 4. The number of furan rings is 1. The maximum Gasteiger partial charge on any atom is 0.375 e. The fraction of sp³-hybridized carbons (Fsp3) is 0.385. The molecule has 0 fully saturated rings. The normalized spacial score (nSPS) is 14.0. The zero-order valence-electron chi connectivity index (χ0n) is 9.54. The quantitative estimate of drug-likeness (QED) is 0.577. The molecule has 1 heterocycles. The van der Waals surface area contributed by atoms with Gasteiger partial charge in [0.2, 0.25) is 5.76 Å². The Balaban J connectivity index is 2.35. The molecule has 1 aliphatic carbocycles. The first-order valence-corrected chi connectivity index (χ1v) is 5.41. The number of carbonyl (C=O) groups is 2. The molecule has 0 aliphatic heterocycles. The first-order valence-electron chi connectivity index (χ1n) is 5.41. The average molecular weight is 232 g/mol. The molecule has 1 aromatic heterocycles. The van der Waals surface area contributed by atoms with Gasteiger partial charge in [-0.25, -0.2) is 4.79 Å². The lowest BCUT2D eigenvalue weighted by Crippen LogP contribution is -2.10. The van der Waals surface area contributed by atoms with E-state index in [1.165, 1.54) is 0 Å². The van der Waals surface area contributed by atoms with Crippen molar-refractivity contribution in [2.45, 2.75) is 26.2 Å². The van der Waals surface area contributed by atoms with E-state index in [0.29, 0.717) is 29.7 Å². The van der Waals surface area contributed by atoms with Gasteiger partial charge in [0.15, 0.2) is 12.4 Å². The second kappa shape index (κ2) is 4.46. The maximum absolute atomic E-state index is 11.7. The van der Waals surface area contributed by atoms with Crippen molar-refractivity contribution in [3.63, 3.8) is 0 Å². The summed E-state index contributed by atoms with van der Waals surface area (Å²) >= 11 is 0. The Morgan fingerprint density at radius 2 is 2.29 bits per heavy atom. The predicted molar refractivity (Wildman–Crippen MR) is 59.8 cm³/mol. The van der Waals surface area contributed by atoms with Crippen molar-refractivity contribution >= 4 is 11.8 Å². The Hall–Kier alpha value is -2.02. The van der Waals surface area contributed by atoms with Gasteiger partial charge in [-0.2, -0.15) is 0 Å². The van der Waals surface area contributed by atoms with Gasteiger partial charge in [-0.15, -0.1) is 6.42 Å². The number of rotatable bonds is 2. The lowest BCUT2D eigenvalue weighted by Gasteiger charge is -2.07. The number of esters is 1. The highest BCUT2D eigenvalue weighted by molar-refractivity contribution is 6.02. The van der Waals surface area contributed by atoms with E-state index in [4.69, 9.17) is 15.6 Å². The van der Waals surface area contributed by atoms with Gasteiger partial charge in [0.1, 0.15) is 5.76 Å². The predicted octanol–water partition coefficient (Wildman–Crippen LogP) is 1.90. The van der Waals surface area contributed by atoms with E-state index in [1.807, 2.05) is 0 Å². The fourth-order valence-corrected chi connectivity index (χ4v) is 2.02. The average Bonchev–Trinajstić information content (AvgIpc) is 2.65. The molecule has 17 heavy (non-hydrogen) atoms. The van der Waals surface area contributed by atoms with Gasteiger partial charge in [-0.1, -0.05) is 5.92 Å². The van der Waals surface area contributed by atoms with Crippen molar-refractivity contribution in [3.05, 3.63) is 22.6 Å². The summed E-state index contributed by atoms with van der Waals surface area (Å²) in [6.07, 6.45) is 6.95. The van der Waals surface area contributed by atoms with Crippen LogP contribution in [0.25, 0.3) is 0 Å². The molecule has 1 aliphatic rings. The van der Waals surface area contributed by atoms with Crippen LogP contribution in [0.5, 0.6) is 0 Å². The zero-order chi connectivity index (χ0) is 12.4. The summed E-state index contributed by atoms with van der Waals surface area (Å²) in [5.74, 6) is 2.32. The van der Waals surface area contributed by atoms with E-state index < -0.39 is 5.97 Å². The van der Waals surface area contributed by atoms with Crippen LogP contribution >= 0.6 is 0 Å². The number of ether oxygens (including phenoxy) is 1. The third-order valence-corrected chi connectivity index (χ3v) is 2.78. The highest BCUT2D eigenvalue weighted by Crippen LogP contribution is 2.29. The van der Waals surface area contributed by atoms with Crippen molar-refractivity contribution in [3.8, 4) is 12.3 Å². The van der Waals surface area contributed by atoms with Crippen LogP contribution in [0.1, 0.15) is 45.1 Å². The van der Waals surface area contributed by atoms with Crippen molar-refractivity contribution in [1.82, 2.24) is 0 Å². The van der Waals surface area contributed by atoms with Crippen molar-refractivity contribution in [2.24, 2.45) is 0 Å². The third-order valence-electron chi connectivity index (χ3n) is 2.78. The molecule has 2 rings (SSSR count). The molecule has 4 heteroatoms. The number of Topliss-reactive ketones (excluding diaryl/α,β-unsaturated/α-hetero) is 1. The van der Waals surface area contributed by atoms with Crippen molar-refractivity contribution in [1.29, 1.82) is 0 Å². The van der Waals surface area contributed by atoms with E-state index in [1.54, 1.807) is 6.92 Å². The molecule has 88 valence electrons. The minimum absolute atomic E-state index is 0.0310. The molecule has 0 amide bonds. The second-order valence-corrected chi connectivity index (χ2v) is 3.91. The Bertz CT molecular complexity index is 516. The topological polar surface area (TPSA) is 56.5 Å². The first kappa shape index (κ1) is 11.5. The molecule has 0 bridgehead atoms. The van der Waals surface area contributed by atoms with Gasteiger partial charge in [0, 0.05) is 18.4 Å². The van der Waals surface area contributed by atoms with Gasteiger partial charge in [-0.3, -0.25) is 4.79 Å². The molecule has 1 aromatic rings. The number of carbonyl (C=O) groups excluding carboxylic acids is 2. The van der Waals surface area contributed by atoms with Crippen LogP contribution in [-0.2, 0) is 11.2 Å². The number of hydrogen-bond donors (Lipinski definition) is 0. The molecule has 0 saturated heterocycles. The van der Waals surface area contributed by atoms with E-state index in [2.05, 4.69) is 5.92 Å². The summed E-state index contributed by atoms with van der Waals surface area (Å²) in [4.78, 5) is 23.3. The van der Waals surface area contributed by atoms with Gasteiger partial charge in [0.25, 0.3) is 0 Å². The number of ketones is 1. The lowest BCUT2D eigenvalue weighted by molar-refractivity contribution is 0.0517. The summed E-state index contributed by atoms with van der Waals surface area (Å²) < 4.78 is 10.2. The highest BCUT2D eigenvalue weighted by Gasteiger charge is 2.29. The molecular weight excluding hydrogens is 220 g/mol. The standard InChI is InChI=1S/C13H12O4/c1-3-7-16-13(15)12-8(2)11-9(14)5-4-6-10(11)17-12/h1H,4-7H2,2H3. The van der Waals surface area contributed by atoms with Crippen LogP contribution in [-0.4, -0.2) is 18.4 Å². The van der Waals surface area contributed by atoms with Gasteiger partial charge in [-0.05, 0) is 13.3 Å². The highest BCUT2D eigenvalue weighted by atomic mass is 16.5. The minimum atomic E-state index is -0.609. The third kappa shape index (κ3) is 1.96. The maximum atomic E-state index is 11.7. The lowest BCUT2D eigenvalue weighted by atomic mass is 9.94. The molecule has 0 saturated carbocycles. The second-order valence-electron chi connectivity index (χ2n) is 3.91. The molecule has 0 aromatic carbocycles. The molecular formula is C13H12O4. The molecule has 0 N–H and O–H groups in total. The molecule has 0 radical (unpaired) electrons. The fourth-order valence-electron chi connectivity index (χ4n) is 2.02. The molecule has 4 nitrogen and oxygen atoms in total. The van der Waals surface area contributed by atoms with E-state index >= 15 is 0 Å². The zero-order valence-corrected chi connectivity index (χ0v) is 9.54. The number of fused-ring (bicyclic) bond motifs is 1. The Labute approximate surface area is 98.9 Å². The summed E-state index contributed by atoms with van der Waals surface area (Å²) in [6.45, 7) is 1.59. The van der Waals surface area contributed by atoms with Crippen LogP contribution in [0, 0.1) is 19.3 Å². The Morgan fingerprint density at radius 1 is 1.53 bits per heavy atom. The summed E-state index contributed by atoms with van der Waals surface area (Å²) in [7, 11) is 0. The first-order chi connectivity index (χ1) is 8.15. The van der Waals surface area contributed by atoms with Gasteiger partial charge in [0.05, 0.1) is 5.56 Å². The SMILES string of the molecule is C#CCOC(=O)c1oc2c(c1C)C(=O)CCC2. The summed E-state index contributed by atoms with van der Waals surface area (Å²) in [6, 6.07) is 0. The van der Waals surface area contributed by atoms with E-state index in [-0.39, 0.29) is 18.2 Å². The largest absolute Gasteiger partial charge is 0.453 e. The van der Waals surface area contributed by atoms with E-state index in [9.17, 15) is 9.59 Å². The van der Waals surface area contributed by atoms with Crippen LogP contribution < -0.4 is 0 Å².